The average Bonchev–Trinajstić information content (AvgIpc) is 2.77. The molecule has 0 saturated heterocycles. The molecule has 2 rings (SSSR count). The van der Waals surface area contributed by atoms with Crippen molar-refractivity contribution in [2.75, 3.05) is 10.6 Å². The molecule has 158 valence electrons. The van der Waals surface area contributed by atoms with Crippen molar-refractivity contribution in [3.63, 3.8) is 0 Å². The Balaban J connectivity index is 2.14. The van der Waals surface area contributed by atoms with E-state index in [0.29, 0.717) is 17.1 Å². The number of allylic oxidation sites excluding steroid dienone is 4. The van der Waals surface area contributed by atoms with Crippen LogP contribution in [-0.2, 0) is 0 Å². The van der Waals surface area contributed by atoms with Crippen LogP contribution < -0.4 is 16.4 Å². The average molecular weight is 413 g/mol. The molecule has 2 aromatic carbocycles. The van der Waals surface area contributed by atoms with Crippen LogP contribution in [0.25, 0.3) is 6.08 Å². The van der Waals surface area contributed by atoms with E-state index in [4.69, 9.17) is 16.4 Å². The number of hydrogen-bond donors (Lipinski definition) is 4. The minimum absolute atomic E-state index is 0.521. The Kier molecular flexibility index (Phi) is 8.35. The van der Waals surface area contributed by atoms with E-state index in [9.17, 15) is 0 Å². The monoisotopic (exact) mass is 412 g/mol. The summed E-state index contributed by atoms with van der Waals surface area (Å²) in [5.74, 6) is 0.648. The number of benzene rings is 2. The van der Waals surface area contributed by atoms with E-state index in [1.54, 1.807) is 24.4 Å². The molecule has 6 nitrogen and oxygen atoms in total. The van der Waals surface area contributed by atoms with Crippen LogP contribution in [0, 0.1) is 30.6 Å². The van der Waals surface area contributed by atoms with Crippen LogP contribution in [0.5, 0.6) is 0 Å². The molecule has 0 radical (unpaired) electrons. The minimum Gasteiger partial charge on any atom is -0.396 e. The lowest BCUT2D eigenvalue weighted by Gasteiger charge is -2.15. The van der Waals surface area contributed by atoms with E-state index in [2.05, 4.69) is 33.8 Å². The quantitative estimate of drug-likeness (QED) is 0.430. The number of hydrogen-bond acceptors (Lipinski definition) is 6. The molecule has 0 heterocycles. The smallest absolute Gasteiger partial charge is 0.126 e. The van der Waals surface area contributed by atoms with Gasteiger partial charge >= 0.3 is 0 Å². The molecule has 5 N–H and O–H groups in total. The van der Waals surface area contributed by atoms with Crippen LogP contribution in [-0.4, -0.2) is 12.4 Å². The molecule has 0 aliphatic rings. The Morgan fingerprint density at radius 1 is 1.13 bits per heavy atom. The van der Waals surface area contributed by atoms with Gasteiger partial charge < -0.3 is 21.8 Å². The Morgan fingerprint density at radius 2 is 1.77 bits per heavy atom. The van der Waals surface area contributed by atoms with Crippen LogP contribution in [0.1, 0.15) is 36.1 Å². The Bertz CT molecular complexity index is 1070. The van der Waals surface area contributed by atoms with Gasteiger partial charge in [-0.3, -0.25) is 0 Å². The fourth-order valence-electron chi connectivity index (χ4n) is 2.90. The van der Waals surface area contributed by atoms with Gasteiger partial charge in [0, 0.05) is 23.3 Å². The van der Waals surface area contributed by atoms with Gasteiger partial charge in [0.2, 0.25) is 0 Å². The first kappa shape index (κ1) is 23.2. The second-order valence-electron chi connectivity index (χ2n) is 7.01. The lowest BCUT2D eigenvalue weighted by Crippen LogP contribution is -2.11. The van der Waals surface area contributed by atoms with Crippen LogP contribution in [0.3, 0.4) is 0 Å². The third-order valence-electron chi connectivity index (χ3n) is 4.59. The molecular formula is C25H28N6. The predicted octanol–water partition coefficient (Wildman–Crippen LogP) is 5.48. The lowest BCUT2D eigenvalue weighted by atomic mass is 10.0. The lowest BCUT2D eigenvalue weighted by molar-refractivity contribution is 1.23. The van der Waals surface area contributed by atoms with Crippen molar-refractivity contribution in [3.05, 3.63) is 88.0 Å². The first-order chi connectivity index (χ1) is 14.9. The topological polar surface area (TPSA) is 110 Å². The summed E-state index contributed by atoms with van der Waals surface area (Å²) < 4.78 is 0. The standard InChI is InChI=1S/C25H28N6/c1-5-24(31-22-10-8-20(15-27)9-11-22)29-16-23(28)19(4)30-25-17(2)13-21(7-6-12-26)14-18(25)3/h5-14,16,26,30-31H,28H2,1-4H3/b7-6+,23-19-,24-5?,26-12?,29-16?. The summed E-state index contributed by atoms with van der Waals surface area (Å²) in [4.78, 5) is 4.44. The highest BCUT2D eigenvalue weighted by molar-refractivity contribution is 5.81. The van der Waals surface area contributed by atoms with Gasteiger partial charge in [-0.2, -0.15) is 5.26 Å². The maximum Gasteiger partial charge on any atom is 0.126 e. The highest BCUT2D eigenvalue weighted by atomic mass is 15.0. The third-order valence-corrected chi connectivity index (χ3v) is 4.59. The Labute approximate surface area is 184 Å². The minimum atomic E-state index is 0.521. The van der Waals surface area contributed by atoms with Gasteiger partial charge in [0.15, 0.2) is 0 Å². The van der Waals surface area contributed by atoms with Gasteiger partial charge in [-0.15, -0.1) is 0 Å². The number of nitriles is 1. The van der Waals surface area contributed by atoms with Gasteiger partial charge in [0.05, 0.1) is 23.5 Å². The molecular weight excluding hydrogens is 384 g/mol. The first-order valence-electron chi connectivity index (χ1n) is 9.87. The van der Waals surface area contributed by atoms with Gasteiger partial charge in [0.25, 0.3) is 0 Å². The summed E-state index contributed by atoms with van der Waals surface area (Å²) in [6.07, 6.45) is 8.32. The zero-order valence-corrected chi connectivity index (χ0v) is 18.3. The number of aryl methyl sites for hydroxylation is 2. The molecule has 0 spiro atoms. The summed E-state index contributed by atoms with van der Waals surface area (Å²) in [5, 5.41) is 22.6. The molecule has 6 heteroatoms. The van der Waals surface area contributed by atoms with Gasteiger partial charge in [-0.05, 0) is 92.9 Å². The zero-order valence-electron chi connectivity index (χ0n) is 18.3. The second kappa shape index (κ2) is 11.2. The van der Waals surface area contributed by atoms with E-state index in [1.807, 2.05) is 52.0 Å². The molecule has 0 amide bonds. The van der Waals surface area contributed by atoms with Gasteiger partial charge in [-0.25, -0.2) is 4.99 Å². The van der Waals surface area contributed by atoms with Crippen LogP contribution in [0.15, 0.2) is 70.8 Å². The maximum absolute atomic E-state index is 8.90. The molecule has 0 aliphatic carbocycles. The number of nitrogens with zero attached hydrogens (tertiary/aromatic N) is 2. The van der Waals surface area contributed by atoms with E-state index < -0.39 is 0 Å². The number of aliphatic imine (C=N–C) groups is 1. The van der Waals surface area contributed by atoms with E-state index >= 15 is 0 Å². The largest absolute Gasteiger partial charge is 0.396 e. The van der Waals surface area contributed by atoms with E-state index in [1.165, 1.54) is 6.21 Å². The summed E-state index contributed by atoms with van der Waals surface area (Å²) in [7, 11) is 0. The zero-order chi connectivity index (χ0) is 22.8. The van der Waals surface area contributed by atoms with Crippen molar-refractivity contribution in [2.45, 2.75) is 27.7 Å². The molecule has 0 aromatic heterocycles. The second-order valence-corrected chi connectivity index (χ2v) is 7.01. The number of anilines is 2. The number of nitrogens with one attached hydrogen (secondary N) is 3. The van der Waals surface area contributed by atoms with Crippen LogP contribution >= 0.6 is 0 Å². The van der Waals surface area contributed by atoms with Crippen molar-refractivity contribution in [1.29, 1.82) is 10.7 Å². The molecule has 0 fully saturated rings. The number of nitrogens with two attached hydrogens (primary N) is 1. The third kappa shape index (κ3) is 6.72. The molecule has 0 aliphatic heterocycles. The molecule has 2 aromatic rings. The SMILES string of the molecule is CC=C(N=C/C(N)=C(\C)Nc1c(C)cc(/C=C/C=N)cc1C)Nc1ccc(C#N)cc1. The highest BCUT2D eigenvalue weighted by Gasteiger charge is 2.06. The van der Waals surface area contributed by atoms with E-state index in [0.717, 1.165) is 33.8 Å². The van der Waals surface area contributed by atoms with Crippen molar-refractivity contribution in [2.24, 2.45) is 10.7 Å². The summed E-state index contributed by atoms with van der Waals surface area (Å²) in [6, 6.07) is 13.4. The Morgan fingerprint density at radius 3 is 2.32 bits per heavy atom. The molecule has 0 saturated carbocycles. The predicted molar refractivity (Wildman–Crippen MR) is 131 cm³/mol. The fraction of sp³-hybridized carbons (Fsp3) is 0.160. The van der Waals surface area contributed by atoms with Crippen molar-refractivity contribution in [3.8, 4) is 6.07 Å². The first-order valence-corrected chi connectivity index (χ1v) is 9.87. The molecule has 31 heavy (non-hydrogen) atoms. The van der Waals surface area contributed by atoms with E-state index in [-0.39, 0.29) is 0 Å². The van der Waals surface area contributed by atoms with Crippen LogP contribution in [0.4, 0.5) is 11.4 Å². The highest BCUT2D eigenvalue weighted by Crippen LogP contribution is 2.24. The van der Waals surface area contributed by atoms with Gasteiger partial charge in [0.1, 0.15) is 5.82 Å². The maximum atomic E-state index is 8.90. The summed E-state index contributed by atoms with van der Waals surface area (Å²) in [6.45, 7) is 7.87. The number of rotatable bonds is 8. The summed E-state index contributed by atoms with van der Waals surface area (Å²) >= 11 is 0. The Hall–Kier alpha value is -4.11. The molecule has 0 bridgehead atoms. The molecule has 0 atom stereocenters. The van der Waals surface area contributed by atoms with Crippen molar-refractivity contribution < 1.29 is 0 Å². The van der Waals surface area contributed by atoms with Gasteiger partial charge in [-0.1, -0.05) is 6.08 Å². The normalized spacial score (nSPS) is 12.5. The fourth-order valence-corrected chi connectivity index (χ4v) is 2.90. The molecule has 0 unspecified atom stereocenters. The van der Waals surface area contributed by atoms with Crippen molar-refractivity contribution >= 4 is 29.9 Å². The van der Waals surface area contributed by atoms with Crippen molar-refractivity contribution in [1.82, 2.24) is 0 Å². The summed E-state index contributed by atoms with van der Waals surface area (Å²) in [5.41, 5.74) is 13.2. The van der Waals surface area contributed by atoms with Crippen LogP contribution in [0.2, 0.25) is 0 Å².